The number of hydrogen-bond acceptors (Lipinski definition) is 4. The van der Waals surface area contributed by atoms with Gasteiger partial charge in [-0.25, -0.2) is 4.98 Å². The Hall–Kier alpha value is -1.04. The van der Waals surface area contributed by atoms with Crippen LogP contribution in [-0.4, -0.2) is 9.97 Å². The lowest BCUT2D eigenvalue weighted by atomic mass is 10.1. The molecule has 84 valence electrons. The van der Waals surface area contributed by atoms with Crippen LogP contribution in [-0.2, 0) is 12.6 Å². The third kappa shape index (κ3) is 1.94. The lowest BCUT2D eigenvalue weighted by Crippen LogP contribution is -1.84. The molecule has 5 heteroatoms. The van der Waals surface area contributed by atoms with Crippen molar-refractivity contribution in [3.8, 4) is 11.1 Å². The van der Waals surface area contributed by atoms with E-state index in [0.29, 0.717) is 5.03 Å². The number of thiophene rings is 1. The molecule has 0 amide bonds. The number of benzene rings is 1. The molecule has 0 saturated heterocycles. The number of rotatable bonds is 1. The van der Waals surface area contributed by atoms with Crippen molar-refractivity contribution in [1.82, 2.24) is 9.97 Å². The summed E-state index contributed by atoms with van der Waals surface area (Å²) in [6.45, 7) is 0. The van der Waals surface area contributed by atoms with Gasteiger partial charge in [0.1, 0.15) is 11.2 Å². The molecule has 2 aromatic heterocycles. The van der Waals surface area contributed by atoms with Crippen molar-refractivity contribution in [2.24, 2.45) is 0 Å². The van der Waals surface area contributed by atoms with Crippen LogP contribution in [0.2, 0.25) is 0 Å². The van der Waals surface area contributed by atoms with Crippen LogP contribution in [0.15, 0.2) is 45.5 Å². The Bertz CT molecular complexity index is 677. The summed E-state index contributed by atoms with van der Waals surface area (Å²) in [5.74, 6) is 0. The Morgan fingerprint density at radius 3 is 2.65 bits per heavy atom. The fraction of sp³-hybridized carbons (Fsp3) is 0. The molecule has 0 aliphatic carbocycles. The number of hydrogen-bond donors (Lipinski definition) is 0. The van der Waals surface area contributed by atoms with E-state index in [9.17, 15) is 0 Å². The zero-order valence-electron chi connectivity index (χ0n) is 8.55. The van der Waals surface area contributed by atoms with E-state index in [1.54, 1.807) is 11.3 Å². The van der Waals surface area contributed by atoms with Gasteiger partial charge in [-0.1, -0.05) is 33.1 Å². The lowest BCUT2D eigenvalue weighted by Gasteiger charge is -2.07. The summed E-state index contributed by atoms with van der Waals surface area (Å²) in [5, 5.41) is 3.68. The average Bonchev–Trinajstić information content (AvgIpc) is 2.75. The molecule has 0 atom stereocenters. The van der Waals surface area contributed by atoms with E-state index in [0.717, 1.165) is 25.8 Å². The maximum absolute atomic E-state index is 5.27. The minimum Gasteiger partial charge on any atom is -0.759 e. The molecule has 0 spiro atoms. The van der Waals surface area contributed by atoms with Crippen LogP contribution in [0.25, 0.3) is 21.3 Å². The molecule has 0 unspecified atom stereocenters. The van der Waals surface area contributed by atoms with Gasteiger partial charge in [0.2, 0.25) is 0 Å². The molecular formula is C12H6BrN2S2-. The molecule has 0 N–H and O–H groups in total. The van der Waals surface area contributed by atoms with Crippen molar-refractivity contribution in [2.75, 3.05) is 0 Å². The highest BCUT2D eigenvalue weighted by Crippen LogP contribution is 2.34. The average molecular weight is 322 g/mol. The molecule has 2 heterocycles. The first-order chi connectivity index (χ1) is 8.25. The summed E-state index contributed by atoms with van der Waals surface area (Å²) in [4.78, 5) is 9.27. The number of halogens is 1. The molecule has 3 rings (SSSR count). The van der Waals surface area contributed by atoms with Gasteiger partial charge in [-0.2, -0.15) is 0 Å². The van der Waals surface area contributed by atoms with Crippen LogP contribution >= 0.6 is 27.3 Å². The Morgan fingerprint density at radius 1 is 1.12 bits per heavy atom. The predicted molar refractivity (Wildman–Crippen MR) is 76.2 cm³/mol. The predicted octanol–water partition coefficient (Wildman–Crippen LogP) is 4.03. The Kier molecular flexibility index (Phi) is 2.82. The van der Waals surface area contributed by atoms with Gasteiger partial charge in [0, 0.05) is 20.8 Å². The normalized spacial score (nSPS) is 10.9. The van der Waals surface area contributed by atoms with Crippen LogP contribution in [0.3, 0.4) is 0 Å². The third-order valence-corrected chi connectivity index (χ3v) is 4.22. The largest absolute Gasteiger partial charge is 0.759 e. The zero-order chi connectivity index (χ0) is 11.8. The second kappa shape index (κ2) is 4.33. The summed E-state index contributed by atoms with van der Waals surface area (Å²) in [6.07, 6.45) is 1.52. The van der Waals surface area contributed by atoms with Crippen molar-refractivity contribution in [3.05, 3.63) is 40.4 Å². The Balaban J connectivity index is 2.27. The molecule has 0 radical (unpaired) electrons. The van der Waals surface area contributed by atoms with Crippen molar-refractivity contribution in [2.45, 2.75) is 5.03 Å². The molecule has 0 aliphatic heterocycles. The molecule has 1 aromatic carbocycles. The topological polar surface area (TPSA) is 25.8 Å². The number of aromatic nitrogens is 2. The first-order valence-electron chi connectivity index (χ1n) is 4.91. The molecular weight excluding hydrogens is 316 g/mol. The van der Waals surface area contributed by atoms with Gasteiger partial charge in [0.05, 0.1) is 0 Å². The van der Waals surface area contributed by atoms with Gasteiger partial charge in [0.25, 0.3) is 0 Å². The standard InChI is InChI=1S/C12H7BrN2S2/c13-8-3-1-7(2-4-8)9-5-17-12-10(9)11(16)14-6-15-12/h1-6H,(H,14,15,16)/p-1. The monoisotopic (exact) mass is 321 g/mol. The minimum absolute atomic E-state index is 0.620. The summed E-state index contributed by atoms with van der Waals surface area (Å²) in [7, 11) is 0. The van der Waals surface area contributed by atoms with E-state index in [1.165, 1.54) is 6.33 Å². The highest BCUT2D eigenvalue weighted by Gasteiger charge is 2.07. The van der Waals surface area contributed by atoms with Gasteiger partial charge in [0.15, 0.2) is 0 Å². The van der Waals surface area contributed by atoms with E-state index in [1.807, 2.05) is 12.1 Å². The molecule has 2 nitrogen and oxygen atoms in total. The summed E-state index contributed by atoms with van der Waals surface area (Å²) in [6, 6.07) is 8.16. The van der Waals surface area contributed by atoms with Gasteiger partial charge in [-0.05, 0) is 17.7 Å². The van der Waals surface area contributed by atoms with Crippen molar-refractivity contribution in [1.29, 1.82) is 0 Å². The highest BCUT2D eigenvalue weighted by molar-refractivity contribution is 9.10. The van der Waals surface area contributed by atoms with Crippen LogP contribution in [0.1, 0.15) is 0 Å². The molecule has 17 heavy (non-hydrogen) atoms. The number of fused-ring (bicyclic) bond motifs is 1. The maximum Gasteiger partial charge on any atom is 0.125 e. The van der Waals surface area contributed by atoms with Gasteiger partial charge in [-0.3, -0.25) is 4.98 Å². The minimum atomic E-state index is 0.620. The lowest BCUT2D eigenvalue weighted by molar-refractivity contribution is 1.11. The van der Waals surface area contributed by atoms with Gasteiger partial charge >= 0.3 is 0 Å². The molecule has 0 aliphatic rings. The first kappa shape index (κ1) is 11.1. The van der Waals surface area contributed by atoms with Gasteiger partial charge in [-0.15, -0.1) is 11.3 Å². The SMILES string of the molecule is [S-]c1ncnc2scc(-c3ccc(Br)cc3)c12. The van der Waals surface area contributed by atoms with Crippen molar-refractivity contribution in [3.63, 3.8) is 0 Å². The van der Waals surface area contributed by atoms with E-state index >= 15 is 0 Å². The molecule has 3 aromatic rings. The molecule has 0 bridgehead atoms. The van der Waals surface area contributed by atoms with E-state index in [2.05, 4.69) is 43.4 Å². The van der Waals surface area contributed by atoms with Crippen molar-refractivity contribution < 1.29 is 0 Å². The highest BCUT2D eigenvalue weighted by atomic mass is 79.9. The van der Waals surface area contributed by atoms with Gasteiger partial charge < -0.3 is 12.6 Å². The smallest absolute Gasteiger partial charge is 0.125 e. The van der Waals surface area contributed by atoms with Crippen LogP contribution in [0.4, 0.5) is 0 Å². The number of nitrogens with zero attached hydrogens (tertiary/aromatic N) is 2. The Morgan fingerprint density at radius 2 is 1.88 bits per heavy atom. The fourth-order valence-electron chi connectivity index (χ4n) is 1.69. The molecule has 0 saturated carbocycles. The van der Waals surface area contributed by atoms with Crippen molar-refractivity contribution >= 4 is 50.1 Å². The quantitative estimate of drug-likeness (QED) is 0.500. The van der Waals surface area contributed by atoms with E-state index in [-0.39, 0.29) is 0 Å². The van der Waals surface area contributed by atoms with Crippen LogP contribution < -0.4 is 0 Å². The fourth-order valence-corrected chi connectivity index (χ4v) is 3.19. The summed E-state index contributed by atoms with van der Waals surface area (Å²) < 4.78 is 1.07. The van der Waals surface area contributed by atoms with Crippen LogP contribution in [0, 0.1) is 0 Å². The maximum atomic E-state index is 5.27. The summed E-state index contributed by atoms with van der Waals surface area (Å²) in [5.41, 5.74) is 2.25. The van der Waals surface area contributed by atoms with E-state index in [4.69, 9.17) is 12.6 Å². The van der Waals surface area contributed by atoms with Crippen LogP contribution in [0.5, 0.6) is 0 Å². The first-order valence-corrected chi connectivity index (χ1v) is 6.99. The van der Waals surface area contributed by atoms with E-state index < -0.39 is 0 Å². The third-order valence-electron chi connectivity index (χ3n) is 2.49. The molecule has 0 fully saturated rings. The Labute approximate surface area is 116 Å². The summed E-state index contributed by atoms with van der Waals surface area (Å²) >= 11 is 10.3. The second-order valence-electron chi connectivity index (χ2n) is 3.52. The zero-order valence-corrected chi connectivity index (χ0v) is 11.8. The second-order valence-corrected chi connectivity index (χ2v) is 5.68.